The van der Waals surface area contributed by atoms with Crippen LogP contribution >= 0.6 is 94.0 Å². The van der Waals surface area contributed by atoms with Crippen molar-refractivity contribution in [1.82, 2.24) is 19.9 Å². The summed E-state index contributed by atoms with van der Waals surface area (Å²) in [5.74, 6) is 0. The molecule has 3 aromatic rings. The molecule has 0 aliphatic heterocycles. The van der Waals surface area contributed by atoms with Crippen molar-refractivity contribution in [3.8, 4) is 0 Å². The van der Waals surface area contributed by atoms with E-state index in [0.717, 1.165) is 29.3 Å². The third-order valence-corrected chi connectivity index (χ3v) is 4.15. The predicted octanol–water partition coefficient (Wildman–Crippen LogP) is 8.58. The van der Waals surface area contributed by atoms with Crippen LogP contribution in [-0.4, -0.2) is 52.9 Å². The average Bonchev–Trinajstić information content (AvgIpc) is 2.85. The molecule has 0 amide bonds. The summed E-state index contributed by atoms with van der Waals surface area (Å²) in [5.41, 5.74) is 3.39. The summed E-state index contributed by atoms with van der Waals surface area (Å²) in [5, 5.41) is 16.9. The molecule has 211 valence electrons. The summed E-state index contributed by atoms with van der Waals surface area (Å²) in [4.78, 5) is 16.2. The first-order valence-electron chi connectivity index (χ1n) is 10.2. The maximum atomic E-state index is 7.13. The minimum atomic E-state index is -0.750. The van der Waals surface area contributed by atoms with Crippen molar-refractivity contribution in [1.29, 1.82) is 0 Å². The van der Waals surface area contributed by atoms with Crippen LogP contribution in [0.3, 0.4) is 0 Å². The SMILES string of the molecule is CN(C)Cc1cccc(C(C)(c2ccccn2)c2ccccn2)n1.ClC(Cl)Cl.ClC(Cl)Cl.[Fe+3].[N-]=C=S.[N-]=C=S. The molecular weight excluding hydrogens is 705 g/mol. The molecule has 0 bridgehead atoms. The molecule has 39 heavy (non-hydrogen) atoms. The van der Waals surface area contributed by atoms with Gasteiger partial charge in [0, 0.05) is 18.9 Å². The Labute approximate surface area is 281 Å². The Balaban J connectivity index is -0.000000726. The molecular formula is C24H24Cl6FeN6S2+. The van der Waals surface area contributed by atoms with E-state index < -0.39 is 14.0 Å². The molecule has 0 atom stereocenters. The molecule has 0 aliphatic carbocycles. The largest absolute Gasteiger partial charge is 3.00 e. The minimum Gasteiger partial charge on any atom is -0.753 e. The van der Waals surface area contributed by atoms with Gasteiger partial charge in [0.05, 0.1) is 28.2 Å². The Hall–Kier alpha value is -0.731. The molecule has 0 unspecified atom stereocenters. The average molecular weight is 729 g/mol. The number of isothiocyanates is 2. The summed E-state index contributed by atoms with van der Waals surface area (Å²) >= 11 is 36.2. The Kier molecular flexibility index (Phi) is 28.7. The fraction of sp³-hybridized carbons (Fsp3) is 0.292. The van der Waals surface area contributed by atoms with Crippen molar-refractivity contribution in [2.45, 2.75) is 27.5 Å². The van der Waals surface area contributed by atoms with E-state index in [4.69, 9.17) is 85.4 Å². The number of hydrogen-bond acceptors (Lipinski definition) is 6. The number of nitrogens with zero attached hydrogens (tertiary/aromatic N) is 6. The van der Waals surface area contributed by atoms with Crippen molar-refractivity contribution in [3.63, 3.8) is 0 Å². The zero-order chi connectivity index (χ0) is 29.6. The number of thiocarbonyl (C=S) groups is 2. The number of hydrogen-bond donors (Lipinski definition) is 0. The summed E-state index contributed by atoms with van der Waals surface area (Å²) in [6.45, 7) is 2.94. The zero-order valence-corrected chi connectivity index (χ0v) is 28.1. The normalized spacial score (nSPS) is 9.44. The van der Waals surface area contributed by atoms with Crippen LogP contribution in [0, 0.1) is 0 Å². The van der Waals surface area contributed by atoms with Gasteiger partial charge in [-0.1, -0.05) is 112 Å². The van der Waals surface area contributed by atoms with Crippen LogP contribution < -0.4 is 0 Å². The van der Waals surface area contributed by atoms with Gasteiger partial charge in [-0.15, -0.1) is 0 Å². The molecule has 6 nitrogen and oxygen atoms in total. The van der Waals surface area contributed by atoms with Gasteiger partial charge < -0.3 is 15.7 Å². The van der Waals surface area contributed by atoms with Crippen LogP contribution in [0.2, 0.25) is 0 Å². The van der Waals surface area contributed by atoms with E-state index in [9.17, 15) is 0 Å². The van der Waals surface area contributed by atoms with Crippen LogP contribution in [0.5, 0.6) is 0 Å². The van der Waals surface area contributed by atoms with E-state index in [2.05, 4.69) is 64.4 Å². The summed E-state index contributed by atoms with van der Waals surface area (Å²) in [6, 6.07) is 18.1. The van der Waals surface area contributed by atoms with Gasteiger partial charge in [0.2, 0.25) is 0 Å². The topological polar surface area (TPSA) is 86.5 Å². The standard InChI is InChI=1S/C20H22N4.2CHCl3.2CNS.Fe/c1-20(17-10-4-6-13-21-17,18-11-5-7-14-22-18)19-12-8-9-16(23-19)15-24(2)3;2*2-1(3)4;2*2-1-3;/h4-14H,15H2,1-3H3;2*1H;;;/q;;;2*-1;+3. The van der Waals surface area contributed by atoms with Gasteiger partial charge in [-0.25, -0.2) is 0 Å². The van der Waals surface area contributed by atoms with E-state index in [1.54, 1.807) is 0 Å². The van der Waals surface area contributed by atoms with E-state index in [1.165, 1.54) is 10.3 Å². The molecule has 0 N–H and O–H groups in total. The van der Waals surface area contributed by atoms with Crippen molar-refractivity contribution < 1.29 is 17.1 Å². The van der Waals surface area contributed by atoms with Crippen molar-refractivity contribution in [2.24, 2.45) is 0 Å². The number of pyridine rings is 3. The predicted molar refractivity (Wildman–Crippen MR) is 170 cm³/mol. The first kappa shape index (κ1) is 42.7. The molecule has 0 saturated carbocycles. The van der Waals surface area contributed by atoms with Crippen molar-refractivity contribution in [2.75, 3.05) is 14.1 Å². The van der Waals surface area contributed by atoms with Gasteiger partial charge in [-0.3, -0.25) is 15.0 Å². The molecule has 15 heteroatoms. The molecule has 0 aliphatic rings. The van der Waals surface area contributed by atoms with Crippen molar-refractivity contribution >= 4 is 104 Å². The zero-order valence-electron chi connectivity index (χ0n) is 20.8. The second kappa shape index (κ2) is 26.2. The first-order chi connectivity index (χ1) is 17.9. The Morgan fingerprint density at radius 3 is 1.44 bits per heavy atom. The van der Waals surface area contributed by atoms with Crippen LogP contribution in [-0.2, 0) is 29.0 Å². The van der Waals surface area contributed by atoms with E-state index in [0.29, 0.717) is 0 Å². The molecule has 0 fully saturated rings. The number of aromatic nitrogens is 3. The van der Waals surface area contributed by atoms with Crippen molar-refractivity contribution in [3.05, 3.63) is 101 Å². The summed E-state index contributed by atoms with van der Waals surface area (Å²) < 4.78 is -1.50. The van der Waals surface area contributed by atoms with Gasteiger partial charge in [0.15, 0.2) is 8.59 Å². The smallest absolute Gasteiger partial charge is 0.753 e. The molecule has 0 aromatic carbocycles. The first-order valence-corrected chi connectivity index (χ1v) is 13.6. The third kappa shape index (κ3) is 20.7. The van der Waals surface area contributed by atoms with Crippen LogP contribution in [0.25, 0.3) is 10.8 Å². The minimum absolute atomic E-state index is 0. The van der Waals surface area contributed by atoms with Gasteiger partial charge in [-0.05, 0) is 57.4 Å². The van der Waals surface area contributed by atoms with Gasteiger partial charge in [0.1, 0.15) is 0 Å². The molecule has 0 spiro atoms. The second-order valence-electron chi connectivity index (χ2n) is 6.98. The van der Waals surface area contributed by atoms with E-state index >= 15 is 0 Å². The Morgan fingerprint density at radius 1 is 0.769 bits per heavy atom. The summed E-state index contributed by atoms with van der Waals surface area (Å²) in [6.07, 6.45) is 3.64. The summed E-state index contributed by atoms with van der Waals surface area (Å²) in [7, 11) is 4.09. The molecule has 0 saturated heterocycles. The maximum absolute atomic E-state index is 7.13. The molecule has 1 radical (unpaired) electrons. The third-order valence-electron chi connectivity index (χ3n) is 4.15. The van der Waals surface area contributed by atoms with Crippen LogP contribution in [0.15, 0.2) is 67.0 Å². The molecule has 3 aromatic heterocycles. The van der Waals surface area contributed by atoms with Gasteiger partial charge >= 0.3 is 17.1 Å². The van der Waals surface area contributed by atoms with Gasteiger partial charge in [-0.2, -0.15) is 10.3 Å². The maximum Gasteiger partial charge on any atom is 3.00 e. The number of alkyl halides is 6. The monoisotopic (exact) mass is 726 g/mol. The molecule has 3 rings (SSSR count). The quantitative estimate of drug-likeness (QED) is 0.113. The van der Waals surface area contributed by atoms with E-state index in [-0.39, 0.29) is 17.1 Å². The fourth-order valence-electron chi connectivity index (χ4n) is 2.88. The fourth-order valence-corrected chi connectivity index (χ4v) is 2.88. The Morgan fingerprint density at radius 2 is 1.13 bits per heavy atom. The number of halogens is 6. The second-order valence-corrected chi connectivity index (χ2v) is 11.3. The van der Waals surface area contributed by atoms with Crippen LogP contribution in [0.4, 0.5) is 0 Å². The Bertz CT molecular complexity index is 1020. The van der Waals surface area contributed by atoms with E-state index in [1.807, 2.05) is 62.9 Å². The van der Waals surface area contributed by atoms with Crippen LogP contribution in [0.1, 0.15) is 29.7 Å². The molecule has 3 heterocycles. The number of rotatable bonds is 5. The van der Waals surface area contributed by atoms with Gasteiger partial charge in [0.25, 0.3) is 0 Å².